The van der Waals surface area contributed by atoms with E-state index >= 15 is 0 Å². The molecule has 0 spiro atoms. The zero-order valence-corrected chi connectivity index (χ0v) is 15.7. The van der Waals surface area contributed by atoms with Crippen molar-refractivity contribution >= 4 is 5.91 Å². The first-order valence-corrected chi connectivity index (χ1v) is 8.69. The largest absolute Gasteiger partial charge is 0.497 e. The summed E-state index contributed by atoms with van der Waals surface area (Å²) in [4.78, 5) is 12.6. The molecule has 5 nitrogen and oxygen atoms in total. The first-order chi connectivity index (χ1) is 12.4. The van der Waals surface area contributed by atoms with Crippen molar-refractivity contribution in [1.82, 2.24) is 5.32 Å². The fourth-order valence-electron chi connectivity index (χ4n) is 3.26. The maximum Gasteiger partial charge on any atom is 0.224 e. The molecule has 2 aromatic rings. The Kier molecular flexibility index (Phi) is 5.07. The summed E-state index contributed by atoms with van der Waals surface area (Å²) in [5.41, 5.74) is 1.55. The molecule has 138 valence electrons. The Morgan fingerprint density at radius 3 is 2.42 bits per heavy atom. The van der Waals surface area contributed by atoms with Crippen LogP contribution in [0.1, 0.15) is 37.4 Å². The molecule has 1 aliphatic heterocycles. The first-order valence-electron chi connectivity index (χ1n) is 8.69. The van der Waals surface area contributed by atoms with Gasteiger partial charge in [0.15, 0.2) is 0 Å². The Labute approximate surface area is 154 Å². The number of rotatable bonds is 5. The smallest absolute Gasteiger partial charge is 0.224 e. The molecule has 1 heterocycles. The number of ether oxygens (including phenoxy) is 3. The van der Waals surface area contributed by atoms with E-state index in [2.05, 4.69) is 5.32 Å². The van der Waals surface area contributed by atoms with Crippen molar-refractivity contribution in [2.75, 3.05) is 14.2 Å². The Morgan fingerprint density at radius 2 is 1.77 bits per heavy atom. The van der Waals surface area contributed by atoms with E-state index in [0.717, 1.165) is 28.4 Å². The van der Waals surface area contributed by atoms with Crippen LogP contribution in [0.25, 0.3) is 0 Å². The van der Waals surface area contributed by atoms with Gasteiger partial charge in [-0.1, -0.05) is 12.1 Å². The summed E-state index contributed by atoms with van der Waals surface area (Å²) in [6.07, 6.45) is 1.02. The van der Waals surface area contributed by atoms with Crippen LogP contribution < -0.4 is 19.5 Å². The summed E-state index contributed by atoms with van der Waals surface area (Å²) < 4.78 is 16.5. The van der Waals surface area contributed by atoms with E-state index in [0.29, 0.717) is 12.8 Å². The summed E-state index contributed by atoms with van der Waals surface area (Å²) in [5.74, 6) is 2.30. The highest BCUT2D eigenvalue weighted by Gasteiger charge is 2.34. The minimum atomic E-state index is -0.348. The third kappa shape index (κ3) is 4.10. The Balaban J connectivity index is 1.76. The molecule has 0 radical (unpaired) electrons. The number of hydrogen-bond acceptors (Lipinski definition) is 4. The Bertz CT molecular complexity index is 783. The van der Waals surface area contributed by atoms with Crippen molar-refractivity contribution in [1.29, 1.82) is 0 Å². The van der Waals surface area contributed by atoms with Gasteiger partial charge in [0.2, 0.25) is 5.91 Å². The number of hydrogen-bond donors (Lipinski definition) is 1. The maximum absolute atomic E-state index is 12.6. The Hall–Kier alpha value is -2.69. The molecule has 1 unspecified atom stereocenters. The molecule has 0 bridgehead atoms. The molecule has 0 saturated carbocycles. The predicted octanol–water partition coefficient (Wildman–Crippen LogP) is 3.66. The van der Waals surface area contributed by atoms with Crippen LogP contribution in [-0.2, 0) is 11.2 Å². The number of amides is 1. The Morgan fingerprint density at radius 1 is 1.12 bits per heavy atom. The highest BCUT2D eigenvalue weighted by molar-refractivity contribution is 5.79. The third-order valence-electron chi connectivity index (χ3n) is 4.53. The van der Waals surface area contributed by atoms with E-state index in [-0.39, 0.29) is 17.6 Å². The zero-order chi connectivity index (χ0) is 18.7. The van der Waals surface area contributed by atoms with Gasteiger partial charge in [0.1, 0.15) is 22.8 Å². The molecule has 0 saturated heterocycles. The average Bonchev–Trinajstić information content (AvgIpc) is 2.61. The van der Waals surface area contributed by atoms with Gasteiger partial charge in [-0.2, -0.15) is 0 Å². The molecule has 1 amide bonds. The molecular weight excluding hydrogens is 330 g/mol. The quantitative estimate of drug-likeness (QED) is 0.889. The zero-order valence-electron chi connectivity index (χ0n) is 15.7. The van der Waals surface area contributed by atoms with Crippen LogP contribution in [-0.4, -0.2) is 25.7 Å². The lowest BCUT2D eigenvalue weighted by atomic mass is 9.89. The second kappa shape index (κ2) is 7.28. The molecule has 26 heavy (non-hydrogen) atoms. The first kappa shape index (κ1) is 18.1. The van der Waals surface area contributed by atoms with Crippen LogP contribution in [0.5, 0.6) is 17.2 Å². The fourth-order valence-corrected chi connectivity index (χ4v) is 3.26. The van der Waals surface area contributed by atoms with Crippen molar-refractivity contribution < 1.29 is 19.0 Å². The minimum Gasteiger partial charge on any atom is -0.497 e. The fraction of sp³-hybridized carbons (Fsp3) is 0.381. The second-order valence-corrected chi connectivity index (χ2v) is 7.11. The van der Waals surface area contributed by atoms with Gasteiger partial charge >= 0.3 is 0 Å². The van der Waals surface area contributed by atoms with Crippen LogP contribution in [0.2, 0.25) is 0 Å². The van der Waals surface area contributed by atoms with Crippen LogP contribution in [0.15, 0.2) is 42.5 Å². The lowest BCUT2D eigenvalue weighted by molar-refractivity contribution is -0.121. The van der Waals surface area contributed by atoms with Crippen LogP contribution in [0.4, 0.5) is 0 Å². The van der Waals surface area contributed by atoms with Crippen molar-refractivity contribution in [3.05, 3.63) is 53.6 Å². The third-order valence-corrected chi connectivity index (χ3v) is 4.53. The molecule has 1 N–H and O–H groups in total. The van der Waals surface area contributed by atoms with Crippen LogP contribution in [0.3, 0.4) is 0 Å². The van der Waals surface area contributed by atoms with E-state index in [1.165, 1.54) is 0 Å². The van der Waals surface area contributed by atoms with Gasteiger partial charge in [0.25, 0.3) is 0 Å². The van der Waals surface area contributed by atoms with Crippen LogP contribution >= 0.6 is 0 Å². The van der Waals surface area contributed by atoms with Gasteiger partial charge < -0.3 is 19.5 Å². The molecule has 2 aromatic carbocycles. The molecule has 5 heteroatoms. The summed E-state index contributed by atoms with van der Waals surface area (Å²) in [6, 6.07) is 13.1. The van der Waals surface area contributed by atoms with Crippen molar-refractivity contribution in [2.24, 2.45) is 0 Å². The van der Waals surface area contributed by atoms with Gasteiger partial charge in [-0.15, -0.1) is 0 Å². The van der Waals surface area contributed by atoms with Gasteiger partial charge in [0, 0.05) is 12.0 Å². The van der Waals surface area contributed by atoms with Gasteiger partial charge in [-0.05, 0) is 49.7 Å². The number of nitrogens with one attached hydrogen (secondary N) is 1. The number of carbonyl (C=O) groups is 1. The van der Waals surface area contributed by atoms with E-state index in [4.69, 9.17) is 14.2 Å². The van der Waals surface area contributed by atoms with Gasteiger partial charge in [-0.3, -0.25) is 4.79 Å². The van der Waals surface area contributed by atoms with Gasteiger partial charge in [-0.25, -0.2) is 0 Å². The van der Waals surface area contributed by atoms with E-state index in [1.54, 1.807) is 14.2 Å². The topological polar surface area (TPSA) is 56.8 Å². The number of fused-ring (bicyclic) bond motifs is 1. The second-order valence-electron chi connectivity index (χ2n) is 7.11. The van der Waals surface area contributed by atoms with Crippen molar-refractivity contribution in [3.63, 3.8) is 0 Å². The van der Waals surface area contributed by atoms with E-state index in [9.17, 15) is 4.79 Å². The lowest BCUT2D eigenvalue weighted by Crippen LogP contribution is -2.41. The summed E-state index contributed by atoms with van der Waals surface area (Å²) >= 11 is 0. The average molecular weight is 355 g/mol. The van der Waals surface area contributed by atoms with Crippen molar-refractivity contribution in [3.8, 4) is 17.2 Å². The van der Waals surface area contributed by atoms with Crippen LogP contribution in [0, 0.1) is 0 Å². The molecule has 0 fully saturated rings. The highest BCUT2D eigenvalue weighted by atomic mass is 16.5. The summed E-state index contributed by atoms with van der Waals surface area (Å²) in [6.45, 7) is 4.06. The number of methoxy groups -OCH3 is 2. The van der Waals surface area contributed by atoms with Gasteiger partial charge in [0.05, 0.1) is 26.7 Å². The molecule has 1 aliphatic rings. The summed E-state index contributed by atoms with van der Waals surface area (Å²) in [7, 11) is 3.26. The SMILES string of the molecule is COc1ccc(CC(=O)NC2CC(C)(C)Oc3ccc(OC)cc32)cc1. The number of carbonyl (C=O) groups excluding carboxylic acids is 1. The van der Waals surface area contributed by atoms with E-state index < -0.39 is 0 Å². The molecule has 3 rings (SSSR count). The predicted molar refractivity (Wildman–Crippen MR) is 99.9 cm³/mol. The molecular formula is C21H25NO4. The molecule has 0 aliphatic carbocycles. The molecule has 0 aromatic heterocycles. The normalized spacial score (nSPS) is 17.6. The highest BCUT2D eigenvalue weighted by Crippen LogP contribution is 2.41. The lowest BCUT2D eigenvalue weighted by Gasteiger charge is -2.38. The summed E-state index contributed by atoms with van der Waals surface area (Å²) in [5, 5.41) is 3.15. The number of benzene rings is 2. The van der Waals surface area contributed by atoms with E-state index in [1.807, 2.05) is 56.3 Å². The van der Waals surface area contributed by atoms with Crippen molar-refractivity contribution in [2.45, 2.75) is 38.3 Å². The standard InChI is InChI=1S/C21H25NO4/c1-21(2)13-18(17-12-16(25-4)9-10-19(17)26-21)22-20(23)11-14-5-7-15(24-3)8-6-14/h5-10,12,18H,11,13H2,1-4H3,(H,22,23). The monoisotopic (exact) mass is 355 g/mol. The molecule has 1 atom stereocenters. The minimum absolute atomic E-state index is 0.0216. The maximum atomic E-state index is 12.6.